The minimum Gasteiger partial charge on any atom is -0.507 e. The van der Waals surface area contributed by atoms with Crippen LogP contribution in [0.15, 0.2) is 134 Å². The smallest absolute Gasteiger partial charge is 0.128 e. The topological polar surface area (TPSA) is 50.9 Å². The summed E-state index contributed by atoms with van der Waals surface area (Å²) in [5, 5.41) is 19.7. The van der Waals surface area contributed by atoms with Crippen LogP contribution in [0.3, 0.4) is 0 Å². The monoisotopic (exact) mass is 683 g/mol. The third-order valence-corrected chi connectivity index (χ3v) is 10.8. The van der Waals surface area contributed by atoms with E-state index in [4.69, 9.17) is 10.1 Å². The van der Waals surface area contributed by atoms with Crippen molar-refractivity contribution in [3.8, 4) is 56.2 Å². The first-order valence-corrected chi connectivity index (χ1v) is 18.3. The number of nitrogens with zero attached hydrogens (tertiary/aromatic N) is 3. The van der Waals surface area contributed by atoms with Gasteiger partial charge in [0.05, 0.1) is 11.4 Å². The van der Waals surface area contributed by atoms with Crippen LogP contribution in [-0.2, 0) is 10.8 Å². The molecule has 0 atom stereocenters. The first-order chi connectivity index (χ1) is 24.5. The van der Waals surface area contributed by atoms with E-state index in [9.17, 15) is 5.11 Å². The minimum atomic E-state index is -0.265. The SMILES string of the molecule is CC(C)(C)c1cc(-c2nn(-c3cc(-c4ccccc4)cc(-c4cc(-c5ccccc5)ccn4)c3)c3sc4ccccc4c23)c(O)c(C(C)(C)C)c1. The summed E-state index contributed by atoms with van der Waals surface area (Å²) >= 11 is 1.73. The number of phenols is 1. The molecule has 5 heteroatoms. The predicted molar refractivity (Wildman–Crippen MR) is 215 cm³/mol. The number of thiophene rings is 1. The second kappa shape index (κ2) is 12.4. The molecule has 51 heavy (non-hydrogen) atoms. The van der Waals surface area contributed by atoms with Crippen molar-refractivity contribution in [2.24, 2.45) is 0 Å². The Kier molecular flexibility index (Phi) is 7.92. The zero-order valence-electron chi connectivity index (χ0n) is 29.9. The van der Waals surface area contributed by atoms with Crippen molar-refractivity contribution in [3.05, 3.63) is 145 Å². The molecule has 0 radical (unpaired) electrons. The Morgan fingerprint density at radius 1 is 0.608 bits per heavy atom. The van der Waals surface area contributed by atoms with Gasteiger partial charge >= 0.3 is 0 Å². The molecular formula is C46H41N3OS. The Hall–Kier alpha value is -5.52. The van der Waals surface area contributed by atoms with Crippen molar-refractivity contribution in [2.45, 2.75) is 52.4 Å². The molecule has 0 saturated carbocycles. The highest BCUT2D eigenvalue weighted by molar-refractivity contribution is 7.25. The van der Waals surface area contributed by atoms with E-state index in [1.807, 2.05) is 18.3 Å². The lowest BCUT2D eigenvalue weighted by atomic mass is 9.78. The number of pyridine rings is 1. The number of fused-ring (bicyclic) bond motifs is 3. The van der Waals surface area contributed by atoms with Gasteiger partial charge < -0.3 is 5.11 Å². The van der Waals surface area contributed by atoms with E-state index in [1.165, 1.54) is 10.3 Å². The van der Waals surface area contributed by atoms with Crippen LogP contribution in [0.4, 0.5) is 0 Å². The number of aromatic hydroxyl groups is 1. The molecule has 0 fully saturated rings. The molecular weight excluding hydrogens is 643 g/mol. The molecule has 5 aromatic carbocycles. The summed E-state index contributed by atoms with van der Waals surface area (Å²) in [7, 11) is 0. The molecule has 252 valence electrons. The molecule has 8 aromatic rings. The van der Waals surface area contributed by atoms with Gasteiger partial charge in [-0.2, -0.15) is 5.10 Å². The van der Waals surface area contributed by atoms with Crippen molar-refractivity contribution >= 4 is 31.6 Å². The van der Waals surface area contributed by atoms with Gasteiger partial charge in [-0.3, -0.25) is 4.98 Å². The highest BCUT2D eigenvalue weighted by Crippen LogP contribution is 2.47. The quantitative estimate of drug-likeness (QED) is 0.196. The highest BCUT2D eigenvalue weighted by atomic mass is 32.1. The fourth-order valence-electron chi connectivity index (χ4n) is 6.87. The normalized spacial score (nSPS) is 12.2. The third kappa shape index (κ3) is 6.02. The van der Waals surface area contributed by atoms with Crippen LogP contribution >= 0.6 is 11.3 Å². The van der Waals surface area contributed by atoms with Gasteiger partial charge in [-0.15, -0.1) is 11.3 Å². The second-order valence-corrected chi connectivity index (χ2v) is 16.4. The van der Waals surface area contributed by atoms with E-state index in [-0.39, 0.29) is 16.6 Å². The van der Waals surface area contributed by atoms with Gasteiger partial charge in [0, 0.05) is 38.4 Å². The number of hydrogen-bond donors (Lipinski definition) is 1. The number of aromatic nitrogens is 3. The molecule has 1 N–H and O–H groups in total. The van der Waals surface area contributed by atoms with Crippen molar-refractivity contribution in [2.75, 3.05) is 0 Å². The van der Waals surface area contributed by atoms with Crippen molar-refractivity contribution in [1.82, 2.24) is 14.8 Å². The molecule has 3 heterocycles. The van der Waals surface area contributed by atoms with Crippen LogP contribution in [0, 0.1) is 0 Å². The molecule has 8 rings (SSSR count). The first kappa shape index (κ1) is 32.7. The Bertz CT molecular complexity index is 2550. The van der Waals surface area contributed by atoms with Gasteiger partial charge in [-0.1, -0.05) is 126 Å². The maximum atomic E-state index is 12.1. The van der Waals surface area contributed by atoms with E-state index >= 15 is 0 Å². The fraction of sp³-hybridized carbons (Fsp3) is 0.174. The van der Waals surface area contributed by atoms with Gasteiger partial charge in [0.25, 0.3) is 0 Å². The lowest BCUT2D eigenvalue weighted by Gasteiger charge is -2.27. The maximum absolute atomic E-state index is 12.1. The zero-order chi connectivity index (χ0) is 35.5. The molecule has 0 spiro atoms. The summed E-state index contributed by atoms with van der Waals surface area (Å²) in [6.07, 6.45) is 1.89. The Labute approximate surface area is 303 Å². The summed E-state index contributed by atoms with van der Waals surface area (Å²) in [4.78, 5) is 5.90. The number of hydrogen-bond acceptors (Lipinski definition) is 4. The molecule has 0 unspecified atom stereocenters. The minimum absolute atomic E-state index is 0.124. The summed E-state index contributed by atoms with van der Waals surface area (Å²) in [5.74, 6) is 0.290. The molecule has 3 aromatic heterocycles. The largest absolute Gasteiger partial charge is 0.507 e. The molecule has 0 aliphatic carbocycles. The predicted octanol–water partition coefficient (Wildman–Crippen LogP) is 12.6. The molecule has 0 aliphatic rings. The summed E-state index contributed by atoms with van der Waals surface area (Å²) in [6, 6.07) is 44.6. The van der Waals surface area contributed by atoms with E-state index < -0.39 is 0 Å². The van der Waals surface area contributed by atoms with Gasteiger partial charge in [0.2, 0.25) is 0 Å². The fourth-order valence-corrected chi connectivity index (χ4v) is 8.04. The Morgan fingerprint density at radius 2 is 1.25 bits per heavy atom. The third-order valence-electron chi connectivity index (χ3n) is 9.68. The average Bonchev–Trinajstić information content (AvgIpc) is 3.69. The Balaban J connectivity index is 1.41. The maximum Gasteiger partial charge on any atom is 0.128 e. The van der Waals surface area contributed by atoms with Crippen LogP contribution < -0.4 is 0 Å². The van der Waals surface area contributed by atoms with Crippen LogP contribution in [0.1, 0.15) is 52.7 Å². The van der Waals surface area contributed by atoms with Crippen LogP contribution in [0.25, 0.3) is 70.8 Å². The van der Waals surface area contributed by atoms with Gasteiger partial charge in [0.1, 0.15) is 16.3 Å². The molecule has 0 amide bonds. The van der Waals surface area contributed by atoms with Crippen LogP contribution in [-0.4, -0.2) is 19.9 Å². The van der Waals surface area contributed by atoms with Gasteiger partial charge in [-0.05, 0) is 81.1 Å². The van der Waals surface area contributed by atoms with Crippen molar-refractivity contribution in [1.29, 1.82) is 0 Å². The second-order valence-electron chi connectivity index (χ2n) is 15.4. The van der Waals surface area contributed by atoms with Gasteiger partial charge in [0.15, 0.2) is 0 Å². The van der Waals surface area contributed by atoms with E-state index in [0.29, 0.717) is 0 Å². The number of benzene rings is 5. The molecule has 4 nitrogen and oxygen atoms in total. The Morgan fingerprint density at radius 3 is 1.94 bits per heavy atom. The average molecular weight is 684 g/mol. The number of rotatable bonds is 5. The standard InChI is InChI=1S/C46H41N3OS/c1-45(2,3)34-27-37(43(50)38(28-34)46(4,5)6)42-41-36-19-13-14-20-40(36)51-44(41)49(48-42)35-24-32(30-17-11-8-12-18-30)23-33(25-35)39-26-31(21-22-47-39)29-15-9-7-10-16-29/h7-28,50H,1-6H3. The summed E-state index contributed by atoms with van der Waals surface area (Å²) in [6.45, 7) is 13.1. The van der Waals surface area contributed by atoms with Gasteiger partial charge in [-0.25, -0.2) is 4.68 Å². The lowest BCUT2D eigenvalue weighted by Crippen LogP contribution is -2.17. The van der Waals surface area contributed by atoms with E-state index in [2.05, 4.69) is 161 Å². The zero-order valence-corrected chi connectivity index (χ0v) is 30.7. The molecule has 0 aliphatic heterocycles. The van der Waals surface area contributed by atoms with Crippen LogP contribution in [0.2, 0.25) is 0 Å². The lowest BCUT2D eigenvalue weighted by molar-refractivity contribution is 0.446. The van der Waals surface area contributed by atoms with Crippen molar-refractivity contribution in [3.63, 3.8) is 0 Å². The number of phenolic OH excluding ortho intramolecular Hbond substituents is 1. The first-order valence-electron chi connectivity index (χ1n) is 17.5. The summed E-state index contributed by atoms with van der Waals surface area (Å²) in [5.41, 5.74) is 10.5. The van der Waals surface area contributed by atoms with E-state index in [0.717, 1.165) is 71.6 Å². The molecule has 0 bridgehead atoms. The highest BCUT2D eigenvalue weighted by Gasteiger charge is 2.29. The molecule has 0 saturated heterocycles. The van der Waals surface area contributed by atoms with Crippen LogP contribution in [0.5, 0.6) is 5.75 Å². The summed E-state index contributed by atoms with van der Waals surface area (Å²) < 4.78 is 3.26. The van der Waals surface area contributed by atoms with E-state index in [1.54, 1.807) is 11.3 Å². The van der Waals surface area contributed by atoms with Crippen molar-refractivity contribution < 1.29 is 5.11 Å².